The van der Waals surface area contributed by atoms with E-state index in [4.69, 9.17) is 9.47 Å². The predicted molar refractivity (Wildman–Crippen MR) is 65.8 cm³/mol. The van der Waals surface area contributed by atoms with E-state index < -0.39 is 22.0 Å². The van der Waals surface area contributed by atoms with Crippen LogP contribution >= 0.6 is 0 Å². The van der Waals surface area contributed by atoms with E-state index >= 15 is 0 Å². The highest BCUT2D eigenvalue weighted by molar-refractivity contribution is 5.90. The van der Waals surface area contributed by atoms with Gasteiger partial charge in [0.1, 0.15) is 11.2 Å². The number of carbonyl (C=O) groups excluding carboxylic acids is 2. The van der Waals surface area contributed by atoms with Crippen molar-refractivity contribution in [2.45, 2.75) is 65.6 Å². The molecule has 0 aromatic heterocycles. The lowest BCUT2D eigenvalue weighted by atomic mass is 9.60. The van der Waals surface area contributed by atoms with Crippen LogP contribution in [-0.2, 0) is 19.1 Å². The molecule has 4 heteroatoms. The first-order valence-electron chi connectivity index (χ1n) is 6.39. The Hall–Kier alpha value is -1.06. The first kappa shape index (κ1) is 13.4. The van der Waals surface area contributed by atoms with E-state index in [2.05, 4.69) is 0 Å². The molecule has 2 fully saturated rings. The molecule has 2 aliphatic heterocycles. The molecule has 0 N–H and O–H groups in total. The van der Waals surface area contributed by atoms with Gasteiger partial charge >= 0.3 is 11.9 Å². The predicted octanol–water partition coefficient (Wildman–Crippen LogP) is 2.45. The third-order valence-corrected chi connectivity index (χ3v) is 4.42. The molecule has 2 saturated heterocycles. The Kier molecular flexibility index (Phi) is 2.44. The van der Waals surface area contributed by atoms with Gasteiger partial charge in [-0.25, -0.2) is 0 Å². The summed E-state index contributed by atoms with van der Waals surface area (Å²) in [5, 5.41) is 0. The van der Waals surface area contributed by atoms with Gasteiger partial charge in [0.15, 0.2) is 0 Å². The van der Waals surface area contributed by atoms with Crippen molar-refractivity contribution in [3.63, 3.8) is 0 Å². The summed E-state index contributed by atoms with van der Waals surface area (Å²) in [6.45, 7) is 11.2. The van der Waals surface area contributed by atoms with E-state index in [0.29, 0.717) is 12.8 Å². The molecule has 0 bridgehead atoms. The maximum Gasteiger partial charge on any atom is 0.313 e. The highest BCUT2D eigenvalue weighted by Crippen LogP contribution is 2.58. The topological polar surface area (TPSA) is 52.6 Å². The molecule has 18 heavy (non-hydrogen) atoms. The van der Waals surface area contributed by atoms with Gasteiger partial charge in [0.05, 0.1) is 10.8 Å². The van der Waals surface area contributed by atoms with E-state index in [1.54, 1.807) is 0 Å². The summed E-state index contributed by atoms with van der Waals surface area (Å²) < 4.78 is 10.8. The third kappa shape index (κ3) is 1.65. The first-order valence-corrected chi connectivity index (χ1v) is 6.39. The molecule has 2 aliphatic rings. The van der Waals surface area contributed by atoms with E-state index in [-0.39, 0.29) is 11.9 Å². The zero-order valence-corrected chi connectivity index (χ0v) is 12.0. The molecular formula is C14H22O4. The van der Waals surface area contributed by atoms with Gasteiger partial charge in [0.2, 0.25) is 0 Å². The second-order valence-electron chi connectivity index (χ2n) is 7.32. The quantitative estimate of drug-likeness (QED) is 0.674. The maximum absolute atomic E-state index is 12.2. The summed E-state index contributed by atoms with van der Waals surface area (Å²) in [7, 11) is 0. The first-order chi connectivity index (χ1) is 7.92. The average molecular weight is 254 g/mol. The van der Waals surface area contributed by atoms with E-state index in [1.807, 2.05) is 41.5 Å². The van der Waals surface area contributed by atoms with Gasteiger partial charge in [0, 0.05) is 12.8 Å². The molecule has 2 atom stereocenters. The van der Waals surface area contributed by atoms with Crippen molar-refractivity contribution in [1.29, 1.82) is 0 Å². The number of esters is 2. The van der Waals surface area contributed by atoms with Gasteiger partial charge in [-0.1, -0.05) is 0 Å². The van der Waals surface area contributed by atoms with Crippen molar-refractivity contribution < 1.29 is 19.1 Å². The monoisotopic (exact) mass is 254 g/mol. The molecule has 2 unspecified atom stereocenters. The van der Waals surface area contributed by atoms with Gasteiger partial charge in [-0.3, -0.25) is 9.59 Å². The number of cyclic esters (lactones) is 2. The fourth-order valence-corrected chi connectivity index (χ4v) is 3.49. The molecule has 102 valence electrons. The third-order valence-electron chi connectivity index (χ3n) is 4.42. The maximum atomic E-state index is 12.2. The smallest absolute Gasteiger partial charge is 0.313 e. The second kappa shape index (κ2) is 3.28. The molecule has 2 rings (SSSR count). The van der Waals surface area contributed by atoms with Crippen molar-refractivity contribution >= 4 is 11.9 Å². The summed E-state index contributed by atoms with van der Waals surface area (Å²) in [5.41, 5.74) is -2.63. The summed E-state index contributed by atoms with van der Waals surface area (Å²) >= 11 is 0. The van der Waals surface area contributed by atoms with Crippen LogP contribution in [-0.4, -0.2) is 23.1 Å². The van der Waals surface area contributed by atoms with Crippen molar-refractivity contribution in [2.75, 3.05) is 0 Å². The van der Waals surface area contributed by atoms with E-state index in [0.717, 1.165) is 0 Å². The average Bonchev–Trinajstić information content (AvgIpc) is 2.46. The van der Waals surface area contributed by atoms with Gasteiger partial charge in [0.25, 0.3) is 0 Å². The van der Waals surface area contributed by atoms with Crippen LogP contribution in [0.2, 0.25) is 0 Å². The lowest BCUT2D eigenvalue weighted by Gasteiger charge is -2.35. The minimum Gasteiger partial charge on any atom is -0.459 e. The fourth-order valence-electron chi connectivity index (χ4n) is 3.49. The Morgan fingerprint density at radius 2 is 1.00 bits per heavy atom. The number of hydrogen-bond donors (Lipinski definition) is 0. The molecule has 0 aromatic rings. The Morgan fingerprint density at radius 1 is 0.722 bits per heavy atom. The standard InChI is InChI=1S/C14H22O4/c1-11(2)7-13(5,9(15)17-11)14(6)8-12(3,4)18-10(14)16/h7-8H2,1-6H3. The molecule has 0 saturated carbocycles. The Bertz CT molecular complexity index is 384. The summed E-state index contributed by atoms with van der Waals surface area (Å²) in [4.78, 5) is 24.5. The van der Waals surface area contributed by atoms with E-state index in [9.17, 15) is 9.59 Å². The zero-order valence-electron chi connectivity index (χ0n) is 12.0. The largest absolute Gasteiger partial charge is 0.459 e. The highest BCUT2D eigenvalue weighted by Gasteiger charge is 2.67. The van der Waals surface area contributed by atoms with Crippen LogP contribution in [0.25, 0.3) is 0 Å². The van der Waals surface area contributed by atoms with Crippen LogP contribution in [0.5, 0.6) is 0 Å². The number of ether oxygens (including phenoxy) is 2. The van der Waals surface area contributed by atoms with E-state index in [1.165, 1.54) is 0 Å². The number of rotatable bonds is 1. The lowest BCUT2D eigenvalue weighted by Crippen LogP contribution is -2.45. The van der Waals surface area contributed by atoms with Crippen molar-refractivity contribution in [1.82, 2.24) is 0 Å². The van der Waals surface area contributed by atoms with Crippen LogP contribution in [0, 0.1) is 10.8 Å². The van der Waals surface area contributed by atoms with Crippen LogP contribution in [0.4, 0.5) is 0 Å². The van der Waals surface area contributed by atoms with Crippen LogP contribution in [0.3, 0.4) is 0 Å². The summed E-state index contributed by atoms with van der Waals surface area (Å²) in [6.07, 6.45) is 1.08. The number of hydrogen-bond acceptors (Lipinski definition) is 4. The molecule has 2 heterocycles. The van der Waals surface area contributed by atoms with Crippen molar-refractivity contribution in [2.24, 2.45) is 10.8 Å². The molecule has 0 aromatic carbocycles. The summed E-state index contributed by atoms with van der Waals surface area (Å²) in [5.74, 6) is -0.575. The second-order valence-corrected chi connectivity index (χ2v) is 7.32. The molecule has 4 nitrogen and oxygen atoms in total. The lowest BCUT2D eigenvalue weighted by molar-refractivity contribution is -0.165. The zero-order chi connectivity index (χ0) is 14.0. The van der Waals surface area contributed by atoms with Gasteiger partial charge in [-0.15, -0.1) is 0 Å². The minimum atomic E-state index is -0.804. The van der Waals surface area contributed by atoms with Gasteiger partial charge in [-0.05, 0) is 41.5 Å². The molecule has 0 radical (unpaired) electrons. The van der Waals surface area contributed by atoms with Crippen LogP contribution < -0.4 is 0 Å². The minimum absolute atomic E-state index is 0.287. The molecule has 0 aliphatic carbocycles. The van der Waals surface area contributed by atoms with Gasteiger partial charge in [-0.2, -0.15) is 0 Å². The highest BCUT2D eigenvalue weighted by atomic mass is 16.6. The fraction of sp³-hybridized carbons (Fsp3) is 0.857. The van der Waals surface area contributed by atoms with Crippen LogP contribution in [0.1, 0.15) is 54.4 Å². The molecular weight excluding hydrogens is 232 g/mol. The Balaban J connectivity index is 2.42. The Labute approximate surface area is 108 Å². The van der Waals surface area contributed by atoms with Crippen molar-refractivity contribution in [3.05, 3.63) is 0 Å². The van der Waals surface area contributed by atoms with Crippen LogP contribution in [0.15, 0.2) is 0 Å². The molecule has 0 spiro atoms. The Morgan fingerprint density at radius 3 is 1.17 bits per heavy atom. The van der Waals surface area contributed by atoms with Gasteiger partial charge < -0.3 is 9.47 Å². The number of carbonyl (C=O) groups is 2. The SMILES string of the molecule is CC1(C)CC(C)(C2(C)CC(C)(C)OC2=O)C(=O)O1. The normalized spacial score (nSPS) is 41.7. The molecule has 0 amide bonds. The van der Waals surface area contributed by atoms with Crippen molar-refractivity contribution in [3.8, 4) is 0 Å². The summed E-state index contributed by atoms with van der Waals surface area (Å²) in [6, 6.07) is 0.